The third-order valence-corrected chi connectivity index (χ3v) is 6.75. The second-order valence-corrected chi connectivity index (χ2v) is 8.76. The molecule has 2 aromatic heterocycles. The summed E-state index contributed by atoms with van der Waals surface area (Å²) in [6.45, 7) is 9.37. The van der Waals surface area contributed by atoms with E-state index in [1.165, 1.54) is 22.2 Å². The number of nitrogens with zero attached hydrogens (tertiary/aromatic N) is 3. The summed E-state index contributed by atoms with van der Waals surface area (Å²) < 4.78 is 1.36. The Morgan fingerprint density at radius 2 is 2.04 bits per heavy atom. The molecule has 1 N–H and O–H groups in total. The standard InChI is InChI=1S/C20H28N4O3S/c1-5-13(3)22-18(26)17-14(4)16-19(28-17)21-11-24(20(16)27)10-15(25)23-8-6-12(2)7-9-23/h11-13H,5-10H2,1-4H3,(H,22,26)/t13-/m0/s1. The molecular weight excluding hydrogens is 376 g/mol. The molecular formula is C20H28N4O3S. The molecule has 1 saturated heterocycles. The van der Waals surface area contributed by atoms with E-state index in [2.05, 4.69) is 17.2 Å². The lowest BCUT2D eigenvalue weighted by Gasteiger charge is -2.30. The first kappa shape index (κ1) is 20.5. The highest BCUT2D eigenvalue weighted by molar-refractivity contribution is 7.20. The van der Waals surface area contributed by atoms with Gasteiger partial charge in [0.25, 0.3) is 11.5 Å². The van der Waals surface area contributed by atoms with Gasteiger partial charge in [-0.2, -0.15) is 0 Å². The van der Waals surface area contributed by atoms with Crippen molar-refractivity contribution in [1.82, 2.24) is 19.8 Å². The molecule has 3 rings (SSSR count). The van der Waals surface area contributed by atoms with Crippen molar-refractivity contribution in [1.29, 1.82) is 0 Å². The molecule has 152 valence electrons. The van der Waals surface area contributed by atoms with Crippen LogP contribution in [-0.2, 0) is 11.3 Å². The molecule has 8 heteroatoms. The Bertz CT molecular complexity index is 941. The maximum Gasteiger partial charge on any atom is 0.262 e. The Hall–Kier alpha value is -2.22. The summed E-state index contributed by atoms with van der Waals surface area (Å²) in [5.74, 6) is 0.398. The molecule has 0 spiro atoms. The lowest BCUT2D eigenvalue weighted by Crippen LogP contribution is -2.41. The summed E-state index contributed by atoms with van der Waals surface area (Å²) in [7, 11) is 0. The van der Waals surface area contributed by atoms with E-state index in [0.29, 0.717) is 26.6 Å². The molecule has 7 nitrogen and oxygen atoms in total. The van der Waals surface area contributed by atoms with Crippen LogP contribution in [0.4, 0.5) is 0 Å². The Morgan fingerprint density at radius 1 is 1.36 bits per heavy atom. The molecule has 0 unspecified atom stereocenters. The second-order valence-electron chi connectivity index (χ2n) is 7.76. The number of piperidine rings is 1. The third-order valence-electron chi connectivity index (χ3n) is 5.56. The van der Waals surface area contributed by atoms with Gasteiger partial charge in [0, 0.05) is 19.1 Å². The van der Waals surface area contributed by atoms with Gasteiger partial charge in [0.1, 0.15) is 11.4 Å². The number of hydrogen-bond donors (Lipinski definition) is 1. The van der Waals surface area contributed by atoms with E-state index in [1.54, 1.807) is 6.92 Å². The summed E-state index contributed by atoms with van der Waals surface area (Å²) in [5, 5.41) is 3.37. The zero-order valence-corrected chi connectivity index (χ0v) is 17.8. The van der Waals surface area contributed by atoms with Crippen molar-refractivity contribution < 1.29 is 9.59 Å². The van der Waals surface area contributed by atoms with Gasteiger partial charge in [0.2, 0.25) is 5.91 Å². The van der Waals surface area contributed by atoms with Crippen LogP contribution in [0.1, 0.15) is 55.3 Å². The summed E-state index contributed by atoms with van der Waals surface area (Å²) >= 11 is 1.22. The molecule has 3 heterocycles. The van der Waals surface area contributed by atoms with Crippen LogP contribution in [0, 0.1) is 12.8 Å². The van der Waals surface area contributed by atoms with Crippen LogP contribution < -0.4 is 10.9 Å². The van der Waals surface area contributed by atoms with Crippen LogP contribution >= 0.6 is 11.3 Å². The number of aryl methyl sites for hydroxylation is 1. The molecule has 0 aromatic carbocycles. The fourth-order valence-corrected chi connectivity index (χ4v) is 4.43. The van der Waals surface area contributed by atoms with Gasteiger partial charge in [0.05, 0.1) is 16.6 Å². The average Bonchev–Trinajstić information content (AvgIpc) is 3.01. The number of likely N-dealkylation sites (tertiary alicyclic amines) is 1. The van der Waals surface area contributed by atoms with Crippen molar-refractivity contribution in [3.05, 3.63) is 27.1 Å². The first-order valence-corrected chi connectivity index (χ1v) is 10.7. The molecule has 1 aliphatic rings. The van der Waals surface area contributed by atoms with E-state index in [-0.39, 0.29) is 30.0 Å². The quantitative estimate of drug-likeness (QED) is 0.830. The molecule has 0 saturated carbocycles. The van der Waals surface area contributed by atoms with Gasteiger partial charge in [-0.3, -0.25) is 19.0 Å². The number of amides is 2. The van der Waals surface area contributed by atoms with Crippen molar-refractivity contribution >= 4 is 33.4 Å². The van der Waals surface area contributed by atoms with Crippen LogP contribution in [-0.4, -0.2) is 45.4 Å². The largest absolute Gasteiger partial charge is 0.349 e. The fourth-order valence-electron chi connectivity index (χ4n) is 3.38. The highest BCUT2D eigenvalue weighted by Crippen LogP contribution is 2.27. The number of hydrogen-bond acceptors (Lipinski definition) is 5. The molecule has 28 heavy (non-hydrogen) atoms. The SMILES string of the molecule is CC[C@H](C)NC(=O)c1sc2ncn(CC(=O)N3CCC(C)CC3)c(=O)c2c1C. The lowest BCUT2D eigenvalue weighted by atomic mass is 9.99. The van der Waals surface area contributed by atoms with E-state index in [0.717, 1.165) is 32.4 Å². The first-order valence-electron chi connectivity index (χ1n) is 9.89. The summed E-state index contributed by atoms with van der Waals surface area (Å²) in [6, 6.07) is 0.0617. The molecule has 1 atom stereocenters. The van der Waals surface area contributed by atoms with Crippen LogP contribution in [0.2, 0.25) is 0 Å². The van der Waals surface area contributed by atoms with Crippen molar-refractivity contribution in [2.75, 3.05) is 13.1 Å². The number of thiophene rings is 1. The Labute approximate surface area is 168 Å². The number of aromatic nitrogens is 2. The average molecular weight is 405 g/mol. The van der Waals surface area contributed by atoms with E-state index >= 15 is 0 Å². The number of carbonyl (C=O) groups is 2. The van der Waals surface area contributed by atoms with Crippen LogP contribution in [0.5, 0.6) is 0 Å². The van der Waals surface area contributed by atoms with Gasteiger partial charge in [-0.25, -0.2) is 4.98 Å². The van der Waals surface area contributed by atoms with E-state index < -0.39 is 0 Å². The predicted molar refractivity (Wildman–Crippen MR) is 111 cm³/mol. The first-order chi connectivity index (χ1) is 13.3. The molecule has 1 fully saturated rings. The van der Waals surface area contributed by atoms with E-state index in [9.17, 15) is 14.4 Å². The van der Waals surface area contributed by atoms with Gasteiger partial charge >= 0.3 is 0 Å². The number of carbonyl (C=O) groups excluding carboxylic acids is 2. The highest BCUT2D eigenvalue weighted by Gasteiger charge is 2.23. The smallest absolute Gasteiger partial charge is 0.262 e. The maximum absolute atomic E-state index is 13.0. The Kier molecular flexibility index (Phi) is 6.17. The number of nitrogens with one attached hydrogen (secondary N) is 1. The minimum atomic E-state index is -0.264. The lowest BCUT2D eigenvalue weighted by molar-refractivity contribution is -0.133. The molecule has 0 bridgehead atoms. The topological polar surface area (TPSA) is 84.3 Å². The summed E-state index contributed by atoms with van der Waals surface area (Å²) in [5.41, 5.74) is 0.368. The van der Waals surface area contributed by atoms with Crippen molar-refractivity contribution in [2.24, 2.45) is 5.92 Å². The Balaban J connectivity index is 1.85. The van der Waals surface area contributed by atoms with Gasteiger partial charge in [-0.05, 0) is 44.6 Å². The minimum Gasteiger partial charge on any atom is -0.349 e. The zero-order chi connectivity index (χ0) is 20.4. The van der Waals surface area contributed by atoms with E-state index in [4.69, 9.17) is 0 Å². The molecule has 2 aromatic rings. The van der Waals surface area contributed by atoms with Crippen molar-refractivity contribution in [2.45, 2.75) is 59.5 Å². The number of fused-ring (bicyclic) bond motifs is 1. The summed E-state index contributed by atoms with van der Waals surface area (Å²) in [4.78, 5) is 45.3. The molecule has 0 aliphatic carbocycles. The molecule has 1 aliphatic heterocycles. The second kappa shape index (κ2) is 8.43. The zero-order valence-electron chi connectivity index (χ0n) is 16.9. The van der Waals surface area contributed by atoms with E-state index in [1.807, 2.05) is 18.7 Å². The van der Waals surface area contributed by atoms with Crippen LogP contribution in [0.25, 0.3) is 10.2 Å². The van der Waals surface area contributed by atoms with Crippen LogP contribution in [0.15, 0.2) is 11.1 Å². The van der Waals surface area contributed by atoms with Crippen LogP contribution in [0.3, 0.4) is 0 Å². The highest BCUT2D eigenvalue weighted by atomic mass is 32.1. The fraction of sp³-hybridized carbons (Fsp3) is 0.600. The molecule has 0 radical (unpaired) electrons. The normalized spacial score (nSPS) is 16.4. The monoisotopic (exact) mass is 404 g/mol. The van der Waals surface area contributed by atoms with Crippen molar-refractivity contribution in [3.8, 4) is 0 Å². The van der Waals surface area contributed by atoms with Gasteiger partial charge in [-0.15, -0.1) is 11.3 Å². The van der Waals surface area contributed by atoms with Gasteiger partial charge in [-0.1, -0.05) is 13.8 Å². The Morgan fingerprint density at radius 3 is 2.68 bits per heavy atom. The predicted octanol–water partition coefficient (Wildman–Crippen LogP) is 2.55. The van der Waals surface area contributed by atoms with Crippen molar-refractivity contribution in [3.63, 3.8) is 0 Å². The van der Waals surface area contributed by atoms with Gasteiger partial charge in [0.15, 0.2) is 0 Å². The third kappa shape index (κ3) is 4.11. The summed E-state index contributed by atoms with van der Waals surface area (Å²) in [6.07, 6.45) is 4.24. The maximum atomic E-state index is 13.0. The minimum absolute atomic E-state index is 0.0140. The number of rotatable bonds is 5. The molecule has 2 amide bonds. The van der Waals surface area contributed by atoms with Gasteiger partial charge < -0.3 is 10.2 Å².